The van der Waals surface area contributed by atoms with Crippen LogP contribution in [0.15, 0.2) is 36.4 Å². The molecule has 1 aliphatic rings. The SMILES string of the molecule is N#Cc1cccc(NC(=O)N2CCN(c3ccc(F)c(F)c3F)CC2)c1. The molecule has 26 heavy (non-hydrogen) atoms. The van der Waals surface area contributed by atoms with Crippen molar-refractivity contribution >= 4 is 17.4 Å². The number of anilines is 2. The Morgan fingerprint density at radius 1 is 1.04 bits per heavy atom. The Bertz CT molecular complexity index is 873. The predicted molar refractivity (Wildman–Crippen MR) is 90.3 cm³/mol. The molecule has 1 heterocycles. The number of nitriles is 1. The number of benzene rings is 2. The standard InChI is InChI=1S/C18H15F3N4O/c19-14-4-5-15(17(21)16(14)20)24-6-8-25(9-7-24)18(26)23-13-3-1-2-12(10-13)11-22/h1-5,10H,6-9H2,(H,23,26). The van der Waals surface area contributed by atoms with Crippen LogP contribution in [0.4, 0.5) is 29.3 Å². The third-order valence-electron chi connectivity index (χ3n) is 4.17. The van der Waals surface area contributed by atoms with E-state index in [1.165, 1.54) is 11.0 Å². The van der Waals surface area contributed by atoms with Crippen LogP contribution in [0, 0.1) is 28.8 Å². The van der Waals surface area contributed by atoms with Gasteiger partial charge in [0.1, 0.15) is 0 Å². The van der Waals surface area contributed by atoms with Gasteiger partial charge < -0.3 is 15.1 Å². The zero-order valence-corrected chi connectivity index (χ0v) is 13.7. The minimum atomic E-state index is -1.50. The fourth-order valence-electron chi connectivity index (χ4n) is 2.78. The van der Waals surface area contributed by atoms with E-state index in [4.69, 9.17) is 5.26 Å². The topological polar surface area (TPSA) is 59.4 Å². The smallest absolute Gasteiger partial charge is 0.321 e. The Morgan fingerprint density at radius 3 is 2.46 bits per heavy atom. The molecule has 1 fully saturated rings. The molecule has 1 N–H and O–H groups in total. The van der Waals surface area contributed by atoms with Gasteiger partial charge in [0, 0.05) is 31.9 Å². The lowest BCUT2D eigenvalue weighted by molar-refractivity contribution is 0.208. The molecule has 0 spiro atoms. The second-order valence-corrected chi connectivity index (χ2v) is 5.79. The van der Waals surface area contributed by atoms with E-state index in [0.717, 1.165) is 6.07 Å². The van der Waals surface area contributed by atoms with Gasteiger partial charge in [-0.2, -0.15) is 5.26 Å². The van der Waals surface area contributed by atoms with Gasteiger partial charge in [-0.3, -0.25) is 0 Å². The van der Waals surface area contributed by atoms with Crippen LogP contribution in [0.1, 0.15) is 5.56 Å². The minimum Gasteiger partial charge on any atom is -0.366 e. The van der Waals surface area contributed by atoms with Crippen molar-refractivity contribution in [2.75, 3.05) is 36.4 Å². The molecule has 0 aromatic heterocycles. The molecule has 2 amide bonds. The number of halogens is 3. The monoisotopic (exact) mass is 360 g/mol. The molecule has 0 radical (unpaired) electrons. The number of carbonyl (C=O) groups is 1. The highest BCUT2D eigenvalue weighted by Gasteiger charge is 2.25. The lowest BCUT2D eigenvalue weighted by Crippen LogP contribution is -2.50. The number of hydrogen-bond donors (Lipinski definition) is 1. The predicted octanol–water partition coefficient (Wildman–Crippen LogP) is 3.33. The van der Waals surface area contributed by atoms with Crippen LogP contribution in [-0.2, 0) is 0 Å². The third-order valence-corrected chi connectivity index (χ3v) is 4.17. The molecule has 0 bridgehead atoms. The molecule has 0 saturated carbocycles. The summed E-state index contributed by atoms with van der Waals surface area (Å²) in [6.07, 6.45) is 0. The Labute approximate surface area is 148 Å². The quantitative estimate of drug-likeness (QED) is 0.836. The van der Waals surface area contributed by atoms with Crippen molar-refractivity contribution in [2.45, 2.75) is 0 Å². The third kappa shape index (κ3) is 3.57. The number of nitrogens with one attached hydrogen (secondary N) is 1. The molecule has 1 aliphatic heterocycles. The largest absolute Gasteiger partial charge is 0.366 e. The van der Waals surface area contributed by atoms with Crippen LogP contribution in [0.3, 0.4) is 0 Å². The van der Waals surface area contributed by atoms with E-state index in [0.29, 0.717) is 24.3 Å². The van der Waals surface area contributed by atoms with Gasteiger partial charge in [-0.1, -0.05) is 6.07 Å². The maximum atomic E-state index is 13.9. The number of rotatable bonds is 2. The Kier molecular flexibility index (Phi) is 4.98. The Morgan fingerprint density at radius 2 is 1.77 bits per heavy atom. The van der Waals surface area contributed by atoms with Gasteiger partial charge in [-0.15, -0.1) is 0 Å². The molecule has 0 unspecified atom stereocenters. The fraction of sp³-hybridized carbons (Fsp3) is 0.222. The highest BCUT2D eigenvalue weighted by Crippen LogP contribution is 2.24. The van der Waals surface area contributed by atoms with Gasteiger partial charge in [-0.05, 0) is 30.3 Å². The van der Waals surface area contributed by atoms with Crippen molar-refractivity contribution in [2.24, 2.45) is 0 Å². The summed E-state index contributed by atoms with van der Waals surface area (Å²) in [5, 5.41) is 11.6. The van der Waals surface area contributed by atoms with Crippen LogP contribution >= 0.6 is 0 Å². The summed E-state index contributed by atoms with van der Waals surface area (Å²) in [6, 6.07) is 10.3. The molecule has 2 aromatic rings. The van der Waals surface area contributed by atoms with Gasteiger partial charge in [0.05, 0.1) is 17.3 Å². The minimum absolute atomic E-state index is 0.0225. The van der Waals surface area contributed by atoms with E-state index in [1.807, 2.05) is 6.07 Å². The van der Waals surface area contributed by atoms with Gasteiger partial charge in [0.2, 0.25) is 0 Å². The Balaban J connectivity index is 1.62. The molecule has 1 saturated heterocycles. The summed E-state index contributed by atoms with van der Waals surface area (Å²) in [5.41, 5.74) is 0.912. The number of amides is 2. The van der Waals surface area contributed by atoms with E-state index in [2.05, 4.69) is 5.32 Å². The second kappa shape index (κ2) is 7.35. The van der Waals surface area contributed by atoms with Crippen molar-refractivity contribution < 1.29 is 18.0 Å². The number of piperazine rings is 1. The average Bonchev–Trinajstić information content (AvgIpc) is 2.66. The van der Waals surface area contributed by atoms with E-state index >= 15 is 0 Å². The Hall–Kier alpha value is -3.21. The van der Waals surface area contributed by atoms with Crippen molar-refractivity contribution in [1.29, 1.82) is 5.26 Å². The molecular formula is C18H15F3N4O. The molecule has 8 heteroatoms. The van der Waals surface area contributed by atoms with Crippen molar-refractivity contribution in [3.05, 3.63) is 59.4 Å². The first-order valence-electron chi connectivity index (χ1n) is 7.94. The zero-order chi connectivity index (χ0) is 18.7. The number of carbonyl (C=O) groups excluding carboxylic acids is 1. The zero-order valence-electron chi connectivity index (χ0n) is 13.7. The summed E-state index contributed by atoms with van der Waals surface area (Å²) in [4.78, 5) is 15.4. The van der Waals surface area contributed by atoms with Gasteiger partial charge >= 0.3 is 6.03 Å². The normalized spacial score (nSPS) is 14.1. The van der Waals surface area contributed by atoms with Crippen LogP contribution in [-0.4, -0.2) is 37.1 Å². The lowest BCUT2D eigenvalue weighted by atomic mass is 10.2. The summed E-state index contributed by atoms with van der Waals surface area (Å²) in [7, 11) is 0. The molecule has 0 atom stereocenters. The van der Waals surface area contributed by atoms with Crippen LogP contribution in [0.25, 0.3) is 0 Å². The van der Waals surface area contributed by atoms with Crippen LogP contribution < -0.4 is 10.2 Å². The van der Waals surface area contributed by atoms with Crippen molar-refractivity contribution in [3.63, 3.8) is 0 Å². The van der Waals surface area contributed by atoms with Gasteiger partial charge in [0.25, 0.3) is 0 Å². The van der Waals surface area contributed by atoms with Gasteiger partial charge in [-0.25, -0.2) is 18.0 Å². The second-order valence-electron chi connectivity index (χ2n) is 5.79. The molecule has 3 rings (SSSR count). The van der Waals surface area contributed by atoms with E-state index < -0.39 is 17.5 Å². The van der Waals surface area contributed by atoms with Crippen LogP contribution in [0.5, 0.6) is 0 Å². The van der Waals surface area contributed by atoms with Crippen molar-refractivity contribution in [3.8, 4) is 6.07 Å². The molecular weight excluding hydrogens is 345 g/mol. The van der Waals surface area contributed by atoms with Gasteiger partial charge in [0.15, 0.2) is 17.5 Å². The molecule has 0 aliphatic carbocycles. The molecule has 134 valence electrons. The highest BCUT2D eigenvalue weighted by molar-refractivity contribution is 5.89. The number of hydrogen-bond acceptors (Lipinski definition) is 3. The first-order valence-corrected chi connectivity index (χ1v) is 7.94. The first kappa shape index (κ1) is 17.6. The maximum absolute atomic E-state index is 13.9. The fourth-order valence-corrected chi connectivity index (χ4v) is 2.78. The molecule has 2 aromatic carbocycles. The van der Waals surface area contributed by atoms with Crippen molar-refractivity contribution in [1.82, 2.24) is 4.90 Å². The lowest BCUT2D eigenvalue weighted by Gasteiger charge is -2.36. The van der Waals surface area contributed by atoms with E-state index in [1.54, 1.807) is 29.2 Å². The summed E-state index contributed by atoms with van der Waals surface area (Å²) in [5.74, 6) is -3.96. The number of nitrogens with zero attached hydrogens (tertiary/aromatic N) is 3. The molecule has 5 nitrogen and oxygen atoms in total. The van der Waals surface area contributed by atoms with E-state index in [-0.39, 0.29) is 24.8 Å². The maximum Gasteiger partial charge on any atom is 0.321 e. The first-order chi connectivity index (χ1) is 12.5. The number of urea groups is 1. The van der Waals surface area contributed by atoms with E-state index in [9.17, 15) is 18.0 Å². The average molecular weight is 360 g/mol. The summed E-state index contributed by atoms with van der Waals surface area (Å²) >= 11 is 0. The summed E-state index contributed by atoms with van der Waals surface area (Å²) < 4.78 is 40.3. The highest BCUT2D eigenvalue weighted by atomic mass is 19.2. The summed E-state index contributed by atoms with van der Waals surface area (Å²) in [6.45, 7) is 1.16. The van der Waals surface area contributed by atoms with Crippen LogP contribution in [0.2, 0.25) is 0 Å².